The van der Waals surface area contributed by atoms with Crippen LogP contribution in [-0.2, 0) is 11.2 Å². The smallest absolute Gasteiger partial charge is 0.190 e. The van der Waals surface area contributed by atoms with Gasteiger partial charge in [-0.2, -0.15) is 0 Å². The number of rotatable bonds is 7. The molecule has 2 N–H and O–H groups in total. The van der Waals surface area contributed by atoms with Gasteiger partial charge in [0.15, 0.2) is 5.96 Å². The zero-order valence-corrected chi connectivity index (χ0v) is 16.9. The van der Waals surface area contributed by atoms with Crippen molar-refractivity contribution in [3.05, 3.63) is 65.7 Å². The van der Waals surface area contributed by atoms with E-state index in [1.54, 1.807) is 7.11 Å². The predicted molar refractivity (Wildman–Crippen MR) is 114 cm³/mol. The van der Waals surface area contributed by atoms with Crippen molar-refractivity contribution in [2.45, 2.75) is 25.4 Å². The van der Waals surface area contributed by atoms with Gasteiger partial charge in [0, 0.05) is 32.7 Å². The lowest BCUT2D eigenvalue weighted by Crippen LogP contribution is -2.42. The van der Waals surface area contributed by atoms with E-state index in [2.05, 4.69) is 52.0 Å². The van der Waals surface area contributed by atoms with Crippen LogP contribution in [0.2, 0.25) is 0 Å². The third-order valence-electron chi connectivity index (χ3n) is 5.19. The number of guanidine groups is 1. The molecule has 1 fully saturated rings. The lowest BCUT2D eigenvalue weighted by atomic mass is 9.89. The molecule has 1 heterocycles. The van der Waals surface area contributed by atoms with E-state index in [0.717, 1.165) is 50.7 Å². The SMILES string of the molecule is CN=C(NCCc1ccc(OC)cc1)NCC1CCCOC1c1ccccc1. The molecule has 0 bridgehead atoms. The summed E-state index contributed by atoms with van der Waals surface area (Å²) < 4.78 is 11.3. The highest BCUT2D eigenvalue weighted by Crippen LogP contribution is 2.33. The number of ether oxygens (including phenoxy) is 2. The molecule has 1 saturated heterocycles. The number of nitrogens with zero attached hydrogens (tertiary/aromatic N) is 1. The summed E-state index contributed by atoms with van der Waals surface area (Å²) in [7, 11) is 3.50. The van der Waals surface area contributed by atoms with Crippen LogP contribution in [0.4, 0.5) is 0 Å². The summed E-state index contributed by atoms with van der Waals surface area (Å²) in [5.74, 6) is 2.17. The van der Waals surface area contributed by atoms with Crippen molar-refractivity contribution < 1.29 is 9.47 Å². The van der Waals surface area contributed by atoms with Crippen molar-refractivity contribution in [1.82, 2.24) is 10.6 Å². The molecule has 150 valence electrons. The summed E-state index contributed by atoms with van der Waals surface area (Å²) in [4.78, 5) is 4.36. The Morgan fingerprint density at radius 2 is 1.89 bits per heavy atom. The Balaban J connectivity index is 1.47. The van der Waals surface area contributed by atoms with Gasteiger partial charge in [-0.3, -0.25) is 4.99 Å². The van der Waals surface area contributed by atoms with E-state index in [9.17, 15) is 0 Å². The molecule has 0 aromatic heterocycles. The first kappa shape index (κ1) is 20.2. The number of methoxy groups -OCH3 is 1. The van der Waals surface area contributed by atoms with Gasteiger partial charge in [-0.1, -0.05) is 42.5 Å². The van der Waals surface area contributed by atoms with Gasteiger partial charge in [0.05, 0.1) is 13.2 Å². The van der Waals surface area contributed by atoms with E-state index < -0.39 is 0 Å². The Hall–Kier alpha value is -2.53. The predicted octanol–water partition coefficient (Wildman–Crippen LogP) is 3.57. The van der Waals surface area contributed by atoms with Crippen LogP contribution in [0.3, 0.4) is 0 Å². The summed E-state index contributed by atoms with van der Waals surface area (Å²) in [5.41, 5.74) is 2.53. The first-order valence-corrected chi connectivity index (χ1v) is 10.0. The van der Waals surface area contributed by atoms with Gasteiger partial charge in [-0.15, -0.1) is 0 Å². The summed E-state index contributed by atoms with van der Waals surface area (Å²) in [6.07, 6.45) is 3.36. The van der Waals surface area contributed by atoms with Gasteiger partial charge < -0.3 is 20.1 Å². The minimum atomic E-state index is 0.153. The van der Waals surface area contributed by atoms with Gasteiger partial charge in [0.1, 0.15) is 5.75 Å². The number of hydrogen-bond donors (Lipinski definition) is 2. The van der Waals surface area contributed by atoms with E-state index in [1.165, 1.54) is 11.1 Å². The van der Waals surface area contributed by atoms with Gasteiger partial charge >= 0.3 is 0 Å². The second-order valence-corrected chi connectivity index (χ2v) is 7.08. The van der Waals surface area contributed by atoms with Gasteiger partial charge in [-0.25, -0.2) is 0 Å². The van der Waals surface area contributed by atoms with Gasteiger partial charge in [0.2, 0.25) is 0 Å². The highest BCUT2D eigenvalue weighted by molar-refractivity contribution is 5.79. The highest BCUT2D eigenvalue weighted by Gasteiger charge is 2.27. The first-order chi connectivity index (χ1) is 13.8. The van der Waals surface area contributed by atoms with E-state index >= 15 is 0 Å². The largest absolute Gasteiger partial charge is 0.497 e. The molecule has 2 unspecified atom stereocenters. The van der Waals surface area contributed by atoms with E-state index in [1.807, 2.05) is 25.2 Å². The Bertz CT molecular complexity index is 731. The Morgan fingerprint density at radius 1 is 1.11 bits per heavy atom. The molecule has 0 spiro atoms. The van der Waals surface area contributed by atoms with Gasteiger partial charge in [0.25, 0.3) is 0 Å². The maximum absolute atomic E-state index is 6.09. The van der Waals surface area contributed by atoms with Crippen LogP contribution in [0.15, 0.2) is 59.6 Å². The minimum Gasteiger partial charge on any atom is -0.497 e. The first-order valence-electron chi connectivity index (χ1n) is 10.0. The van der Waals surface area contributed by atoms with Crippen molar-refractivity contribution in [3.63, 3.8) is 0 Å². The highest BCUT2D eigenvalue weighted by atomic mass is 16.5. The molecule has 0 radical (unpaired) electrons. The molecule has 2 atom stereocenters. The third kappa shape index (κ3) is 5.73. The third-order valence-corrected chi connectivity index (χ3v) is 5.19. The molecule has 0 amide bonds. The zero-order chi connectivity index (χ0) is 19.6. The maximum atomic E-state index is 6.09. The van der Waals surface area contributed by atoms with Crippen molar-refractivity contribution in [1.29, 1.82) is 0 Å². The summed E-state index contributed by atoms with van der Waals surface area (Å²) in [6.45, 7) is 2.52. The summed E-state index contributed by atoms with van der Waals surface area (Å²) in [5, 5.41) is 6.89. The fraction of sp³-hybridized carbons (Fsp3) is 0.435. The molecule has 5 heteroatoms. The van der Waals surface area contributed by atoms with Crippen LogP contribution in [0.5, 0.6) is 5.75 Å². The molecular formula is C23H31N3O2. The summed E-state index contributed by atoms with van der Waals surface area (Å²) in [6, 6.07) is 18.7. The van der Waals surface area contributed by atoms with E-state index in [-0.39, 0.29) is 6.10 Å². The van der Waals surface area contributed by atoms with Crippen LogP contribution >= 0.6 is 0 Å². The molecule has 0 aliphatic carbocycles. The molecule has 2 aromatic carbocycles. The van der Waals surface area contributed by atoms with E-state index in [4.69, 9.17) is 9.47 Å². The summed E-state index contributed by atoms with van der Waals surface area (Å²) >= 11 is 0. The standard InChI is InChI=1S/C23H31N3O2/c1-24-23(25-15-14-18-10-12-21(27-2)13-11-18)26-17-20-9-6-16-28-22(20)19-7-4-3-5-8-19/h3-5,7-8,10-13,20,22H,6,9,14-17H2,1-2H3,(H2,24,25,26). The Labute approximate surface area is 168 Å². The second-order valence-electron chi connectivity index (χ2n) is 7.08. The van der Waals surface area contributed by atoms with Crippen molar-refractivity contribution in [3.8, 4) is 5.75 Å². The van der Waals surface area contributed by atoms with Crippen molar-refractivity contribution in [2.75, 3.05) is 33.9 Å². The van der Waals surface area contributed by atoms with Gasteiger partial charge in [-0.05, 0) is 42.5 Å². The zero-order valence-electron chi connectivity index (χ0n) is 16.9. The lowest BCUT2D eigenvalue weighted by molar-refractivity contribution is -0.0265. The topological polar surface area (TPSA) is 54.9 Å². The number of aliphatic imine (C=N–C) groups is 1. The maximum Gasteiger partial charge on any atom is 0.190 e. The average molecular weight is 382 g/mol. The number of hydrogen-bond acceptors (Lipinski definition) is 3. The van der Waals surface area contributed by atoms with Crippen LogP contribution in [0.1, 0.15) is 30.1 Å². The second kappa shape index (κ2) is 10.7. The molecule has 2 aromatic rings. The quantitative estimate of drug-likeness (QED) is 0.569. The molecular weight excluding hydrogens is 350 g/mol. The minimum absolute atomic E-state index is 0.153. The average Bonchev–Trinajstić information content (AvgIpc) is 2.77. The molecule has 5 nitrogen and oxygen atoms in total. The van der Waals surface area contributed by atoms with Crippen LogP contribution in [-0.4, -0.2) is 39.8 Å². The molecule has 3 rings (SSSR count). The Kier molecular flexibility index (Phi) is 7.73. The lowest BCUT2D eigenvalue weighted by Gasteiger charge is -2.32. The normalized spacial score (nSPS) is 19.9. The molecule has 28 heavy (non-hydrogen) atoms. The fourth-order valence-corrected chi connectivity index (χ4v) is 3.63. The number of nitrogens with one attached hydrogen (secondary N) is 2. The molecule has 1 aliphatic rings. The van der Waals surface area contributed by atoms with E-state index in [0.29, 0.717) is 5.92 Å². The molecule has 1 aliphatic heterocycles. The number of benzene rings is 2. The fourth-order valence-electron chi connectivity index (χ4n) is 3.63. The van der Waals surface area contributed by atoms with Crippen LogP contribution in [0.25, 0.3) is 0 Å². The monoisotopic (exact) mass is 381 g/mol. The van der Waals surface area contributed by atoms with Crippen LogP contribution in [0, 0.1) is 5.92 Å². The molecule has 0 saturated carbocycles. The van der Waals surface area contributed by atoms with Crippen molar-refractivity contribution in [2.24, 2.45) is 10.9 Å². The van der Waals surface area contributed by atoms with Crippen molar-refractivity contribution >= 4 is 5.96 Å². The van der Waals surface area contributed by atoms with Crippen LogP contribution < -0.4 is 15.4 Å². The Morgan fingerprint density at radius 3 is 2.61 bits per heavy atom.